The van der Waals surface area contributed by atoms with Crippen molar-refractivity contribution in [1.29, 1.82) is 0 Å². The zero-order chi connectivity index (χ0) is 26.4. The van der Waals surface area contributed by atoms with E-state index in [4.69, 9.17) is 4.74 Å². The molecular weight excluding hydrogens is 488 g/mol. The molecule has 2 N–H and O–H groups in total. The maximum absolute atomic E-state index is 13.5. The van der Waals surface area contributed by atoms with Crippen LogP contribution in [0, 0.1) is 11.8 Å². The molecule has 1 saturated heterocycles. The van der Waals surface area contributed by atoms with E-state index in [1.165, 1.54) is 11.8 Å². The molecule has 4 rings (SSSR count). The highest BCUT2D eigenvalue weighted by atomic mass is 32.2. The van der Waals surface area contributed by atoms with Crippen molar-refractivity contribution >= 4 is 27.3 Å². The fraction of sp³-hybridized carbons (Fsp3) is 0.517. The van der Waals surface area contributed by atoms with Gasteiger partial charge in [-0.3, -0.25) is 9.59 Å². The molecule has 0 bridgehead atoms. The Balaban J connectivity index is 1.47. The first-order valence-electron chi connectivity index (χ1n) is 13.2. The normalized spacial score (nSPS) is 21.7. The number of ether oxygens (including phenoxy) is 1. The van der Waals surface area contributed by atoms with Crippen LogP contribution in [0.4, 0.5) is 5.69 Å². The van der Waals surface area contributed by atoms with Crippen LogP contribution in [-0.2, 0) is 25.1 Å². The van der Waals surface area contributed by atoms with Crippen LogP contribution in [0.3, 0.4) is 0 Å². The molecule has 2 amide bonds. The van der Waals surface area contributed by atoms with Gasteiger partial charge in [0.25, 0.3) is 5.91 Å². The zero-order valence-corrected chi connectivity index (χ0v) is 22.6. The van der Waals surface area contributed by atoms with E-state index < -0.39 is 15.9 Å². The number of hydrogen-bond acceptors (Lipinski definition) is 5. The molecule has 0 spiro atoms. The van der Waals surface area contributed by atoms with Crippen LogP contribution in [0.1, 0.15) is 72.9 Å². The van der Waals surface area contributed by atoms with Gasteiger partial charge in [0.1, 0.15) is 6.04 Å². The van der Waals surface area contributed by atoms with Gasteiger partial charge in [-0.2, -0.15) is 0 Å². The highest BCUT2D eigenvalue weighted by molar-refractivity contribution is 7.89. The van der Waals surface area contributed by atoms with Crippen LogP contribution in [0.5, 0.6) is 0 Å². The van der Waals surface area contributed by atoms with Gasteiger partial charge in [-0.05, 0) is 78.8 Å². The summed E-state index contributed by atoms with van der Waals surface area (Å²) in [7, 11) is -3.23. The van der Waals surface area contributed by atoms with Gasteiger partial charge in [0, 0.05) is 30.7 Å². The third-order valence-electron chi connectivity index (χ3n) is 7.59. The Labute approximate surface area is 220 Å². The number of anilines is 1. The van der Waals surface area contributed by atoms with Gasteiger partial charge in [-0.1, -0.05) is 44.0 Å². The summed E-state index contributed by atoms with van der Waals surface area (Å²) in [6.45, 7) is 3.78. The molecule has 1 saturated carbocycles. The van der Waals surface area contributed by atoms with Crippen LogP contribution in [-0.4, -0.2) is 45.7 Å². The molecule has 1 heterocycles. The van der Waals surface area contributed by atoms with E-state index in [2.05, 4.69) is 29.7 Å². The summed E-state index contributed by atoms with van der Waals surface area (Å²) < 4.78 is 28.9. The maximum Gasteiger partial charge on any atom is 0.251 e. The lowest BCUT2D eigenvalue weighted by atomic mass is 9.79. The summed E-state index contributed by atoms with van der Waals surface area (Å²) in [6, 6.07) is 13.9. The van der Waals surface area contributed by atoms with Gasteiger partial charge in [0.2, 0.25) is 5.91 Å². The SMILES string of the molecule is CC1CCC([C@H](NC(=O)c2cccc(CS(C)(=O)=O)c2)C(=O)Nc2ccc(C3CCOCC3)cc2)CC1. The van der Waals surface area contributed by atoms with Gasteiger partial charge >= 0.3 is 0 Å². The average molecular weight is 527 g/mol. The molecule has 0 aromatic heterocycles. The molecule has 2 fully saturated rings. The van der Waals surface area contributed by atoms with Crippen molar-refractivity contribution in [2.75, 3.05) is 24.8 Å². The Morgan fingerprint density at radius 3 is 2.30 bits per heavy atom. The molecule has 0 unspecified atom stereocenters. The monoisotopic (exact) mass is 526 g/mol. The van der Waals surface area contributed by atoms with Gasteiger partial charge in [0.15, 0.2) is 9.84 Å². The molecule has 37 heavy (non-hydrogen) atoms. The fourth-order valence-electron chi connectivity index (χ4n) is 5.44. The van der Waals surface area contributed by atoms with E-state index in [9.17, 15) is 18.0 Å². The predicted molar refractivity (Wildman–Crippen MR) is 145 cm³/mol. The Hall–Kier alpha value is -2.71. The van der Waals surface area contributed by atoms with Gasteiger partial charge in [-0.15, -0.1) is 0 Å². The number of carbonyl (C=O) groups excluding carboxylic acids is 2. The van der Waals surface area contributed by atoms with Gasteiger partial charge < -0.3 is 15.4 Å². The minimum absolute atomic E-state index is 0.0425. The average Bonchev–Trinajstić information content (AvgIpc) is 2.88. The number of benzene rings is 2. The highest BCUT2D eigenvalue weighted by Gasteiger charge is 2.33. The van der Waals surface area contributed by atoms with Crippen molar-refractivity contribution in [2.24, 2.45) is 11.8 Å². The standard InChI is InChI=1S/C29H38N2O5S/c1-20-6-8-24(9-7-20)27(31-28(32)25-5-3-4-21(18-25)19-37(2,34)35)29(33)30-26-12-10-22(11-13-26)23-14-16-36-17-15-23/h3-5,10-13,18,20,23-24,27H,6-9,14-17,19H2,1-2H3,(H,30,33)(H,31,32)/t20?,24?,27-/m0/s1. The molecule has 2 aromatic rings. The molecule has 0 radical (unpaired) electrons. The van der Waals surface area contributed by atoms with E-state index in [-0.39, 0.29) is 23.5 Å². The van der Waals surface area contributed by atoms with E-state index in [0.29, 0.717) is 28.7 Å². The first-order valence-corrected chi connectivity index (χ1v) is 15.3. The van der Waals surface area contributed by atoms with Crippen molar-refractivity contribution < 1.29 is 22.7 Å². The quantitative estimate of drug-likeness (QED) is 0.520. The molecule has 200 valence electrons. The molecule has 7 nitrogen and oxygen atoms in total. The zero-order valence-electron chi connectivity index (χ0n) is 21.7. The minimum atomic E-state index is -3.23. The van der Waals surface area contributed by atoms with Crippen molar-refractivity contribution in [2.45, 2.75) is 63.2 Å². The van der Waals surface area contributed by atoms with E-state index in [0.717, 1.165) is 51.7 Å². The topological polar surface area (TPSA) is 102 Å². The van der Waals surface area contributed by atoms with Crippen molar-refractivity contribution in [3.8, 4) is 0 Å². The Morgan fingerprint density at radius 1 is 0.973 bits per heavy atom. The summed E-state index contributed by atoms with van der Waals surface area (Å²) >= 11 is 0. The lowest BCUT2D eigenvalue weighted by Crippen LogP contribution is -2.49. The lowest BCUT2D eigenvalue weighted by molar-refractivity contribution is -0.119. The van der Waals surface area contributed by atoms with Crippen molar-refractivity contribution in [3.63, 3.8) is 0 Å². The number of hydrogen-bond donors (Lipinski definition) is 2. The smallest absolute Gasteiger partial charge is 0.251 e. The Morgan fingerprint density at radius 2 is 1.65 bits per heavy atom. The summed E-state index contributed by atoms with van der Waals surface area (Å²) in [4.78, 5) is 26.7. The van der Waals surface area contributed by atoms with Crippen LogP contribution in [0.2, 0.25) is 0 Å². The van der Waals surface area contributed by atoms with E-state index in [1.807, 2.05) is 12.1 Å². The summed E-state index contributed by atoms with van der Waals surface area (Å²) in [5, 5.41) is 6.00. The number of nitrogens with one attached hydrogen (secondary N) is 2. The first kappa shape index (κ1) is 27.3. The molecule has 2 aromatic carbocycles. The molecule has 8 heteroatoms. The summed E-state index contributed by atoms with van der Waals surface area (Å²) in [5.41, 5.74) is 2.86. The molecule has 1 aliphatic heterocycles. The molecule has 2 aliphatic rings. The summed E-state index contributed by atoms with van der Waals surface area (Å²) in [5.74, 6) is 0.403. The largest absolute Gasteiger partial charge is 0.381 e. The highest BCUT2D eigenvalue weighted by Crippen LogP contribution is 2.32. The maximum atomic E-state index is 13.5. The van der Waals surface area contributed by atoms with Crippen LogP contribution in [0.15, 0.2) is 48.5 Å². The van der Waals surface area contributed by atoms with Crippen LogP contribution in [0.25, 0.3) is 0 Å². The summed E-state index contributed by atoms with van der Waals surface area (Å²) in [6.07, 6.45) is 6.96. The molecule has 1 atom stereocenters. The second-order valence-corrected chi connectivity index (χ2v) is 12.9. The first-order chi connectivity index (χ1) is 17.7. The number of sulfone groups is 1. The second-order valence-electron chi connectivity index (χ2n) is 10.7. The number of amides is 2. The third-order valence-corrected chi connectivity index (χ3v) is 8.45. The fourth-order valence-corrected chi connectivity index (χ4v) is 6.22. The number of rotatable bonds is 8. The minimum Gasteiger partial charge on any atom is -0.381 e. The van der Waals surface area contributed by atoms with Gasteiger partial charge in [-0.25, -0.2) is 8.42 Å². The number of carbonyl (C=O) groups is 2. The van der Waals surface area contributed by atoms with Crippen molar-refractivity contribution in [3.05, 3.63) is 65.2 Å². The molecular formula is C29H38N2O5S. The molecule has 1 aliphatic carbocycles. The van der Waals surface area contributed by atoms with Gasteiger partial charge in [0.05, 0.1) is 5.75 Å². The predicted octanol–water partition coefficient (Wildman–Crippen LogP) is 4.69. The van der Waals surface area contributed by atoms with E-state index in [1.54, 1.807) is 24.3 Å². The van der Waals surface area contributed by atoms with Crippen LogP contribution < -0.4 is 10.6 Å². The van der Waals surface area contributed by atoms with Crippen molar-refractivity contribution in [1.82, 2.24) is 5.32 Å². The van der Waals surface area contributed by atoms with E-state index >= 15 is 0 Å². The van der Waals surface area contributed by atoms with Crippen LogP contribution >= 0.6 is 0 Å². The third kappa shape index (κ3) is 7.89. The second kappa shape index (κ2) is 12.2. The Bertz CT molecular complexity index is 1180. The Kier molecular flexibility index (Phi) is 9.03. The lowest BCUT2D eigenvalue weighted by Gasteiger charge is -2.32.